The minimum atomic E-state index is -2.40. The molecule has 0 bridgehead atoms. The van der Waals surface area contributed by atoms with Crippen LogP contribution >= 0.6 is 7.92 Å². The first kappa shape index (κ1) is 19.8. The van der Waals surface area contributed by atoms with E-state index >= 15 is 0 Å². The number of hydrogen-bond acceptors (Lipinski definition) is 4. The molecule has 0 heterocycles. The van der Waals surface area contributed by atoms with Gasteiger partial charge in [-0.3, -0.25) is 0 Å². The molecule has 0 radical (unpaired) electrons. The van der Waals surface area contributed by atoms with Gasteiger partial charge in [-0.25, -0.2) is 0 Å². The van der Waals surface area contributed by atoms with Gasteiger partial charge in [-0.1, -0.05) is 60.7 Å². The molecule has 0 aliphatic heterocycles. The molecule has 3 nitrogen and oxygen atoms in total. The van der Waals surface area contributed by atoms with Crippen LogP contribution in [0.25, 0.3) is 0 Å². The summed E-state index contributed by atoms with van der Waals surface area (Å²) in [6, 6.07) is 21.0. The van der Waals surface area contributed by atoms with Gasteiger partial charge in [0.15, 0.2) is 0 Å². The van der Waals surface area contributed by atoms with Crippen LogP contribution in [0.3, 0.4) is 0 Å². The average molecular weight is 344 g/mol. The van der Waals surface area contributed by atoms with Crippen LogP contribution in [-0.4, -0.2) is 12.8 Å². The minimum Gasteiger partial charge on any atom is -0.424 e. The van der Waals surface area contributed by atoms with Gasteiger partial charge in [-0.2, -0.15) is 0 Å². The van der Waals surface area contributed by atoms with E-state index in [9.17, 15) is 8.42 Å². The van der Waals surface area contributed by atoms with Crippen LogP contribution in [-0.2, 0) is 23.6 Å². The summed E-state index contributed by atoms with van der Waals surface area (Å²) in [6.07, 6.45) is 2.75. The first-order valence-corrected chi connectivity index (χ1v) is 9.40. The van der Waals surface area contributed by atoms with Gasteiger partial charge in [0, 0.05) is 6.61 Å². The Labute approximate surface area is 157 Å². The zero-order valence-corrected chi connectivity index (χ0v) is 16.4. The summed E-state index contributed by atoms with van der Waals surface area (Å²) in [4.78, 5) is 0. The summed E-state index contributed by atoms with van der Waals surface area (Å²) in [6.45, 7) is 0.267. The zero-order chi connectivity index (χ0) is 14.9. The molecule has 0 saturated heterocycles. The van der Waals surface area contributed by atoms with E-state index in [2.05, 4.69) is 52.7 Å². The molecule has 6 heteroatoms. The Morgan fingerprint density at radius 3 is 1.77 bits per heavy atom. The summed E-state index contributed by atoms with van der Waals surface area (Å²) >= 11 is 0. The molecule has 22 heavy (non-hydrogen) atoms. The predicted octanol–water partition coefficient (Wildman–Crippen LogP) is 0.144. The zero-order valence-electron chi connectivity index (χ0n) is 12.7. The van der Waals surface area contributed by atoms with Crippen molar-refractivity contribution < 1.29 is 42.2 Å². The number of unbranched alkanes of at least 4 members (excludes halogenated alkanes) is 1. The second kappa shape index (κ2) is 11.3. The van der Waals surface area contributed by atoms with Crippen molar-refractivity contribution in [3.8, 4) is 0 Å². The van der Waals surface area contributed by atoms with E-state index < -0.39 is 18.9 Å². The van der Waals surface area contributed by atoms with Crippen molar-refractivity contribution in [3.63, 3.8) is 0 Å². The quantitative estimate of drug-likeness (QED) is 0.296. The van der Waals surface area contributed by atoms with E-state index in [0.717, 1.165) is 19.0 Å². The molecule has 0 spiro atoms. The van der Waals surface area contributed by atoms with Crippen LogP contribution in [0.15, 0.2) is 60.7 Å². The smallest absolute Gasteiger partial charge is 0.424 e. The number of hydrogen-bond donors (Lipinski definition) is 0. The molecule has 2 aromatic rings. The standard InChI is InChI=1S/C16H18O3PS.Na/c17-21(18)19-13-7-8-14-20(15-9-3-1-4-10-15)16-11-5-2-6-12-16;/h1-6,9-12H,7-8,13-14H2;/q-1;+1. The van der Waals surface area contributed by atoms with Crippen LogP contribution in [0.2, 0.25) is 0 Å². The fourth-order valence-corrected chi connectivity index (χ4v) is 4.79. The molecule has 0 aliphatic rings. The van der Waals surface area contributed by atoms with Crippen LogP contribution in [0.5, 0.6) is 0 Å². The van der Waals surface area contributed by atoms with Gasteiger partial charge in [0.2, 0.25) is 0 Å². The third-order valence-corrected chi connectivity index (χ3v) is 6.06. The Morgan fingerprint density at radius 2 is 1.32 bits per heavy atom. The Balaban J connectivity index is 0.00000242. The van der Waals surface area contributed by atoms with Crippen molar-refractivity contribution in [3.05, 3.63) is 60.7 Å². The molecule has 0 N–H and O–H groups in total. The molecule has 112 valence electrons. The molecule has 0 aromatic heterocycles. The maximum absolute atomic E-state index is 10.3. The topological polar surface area (TPSA) is 43.4 Å². The first-order chi connectivity index (χ1) is 10.3. The largest absolute Gasteiger partial charge is 1.00 e. The normalized spacial score (nSPS) is 10.6. The number of benzene rings is 2. The molecule has 2 rings (SSSR count). The molecule has 0 atom stereocenters. The van der Waals surface area contributed by atoms with Crippen molar-refractivity contribution in [1.29, 1.82) is 0 Å². The van der Waals surface area contributed by atoms with E-state index in [1.54, 1.807) is 0 Å². The molecule has 0 unspecified atom stereocenters. The average Bonchev–Trinajstić information content (AvgIpc) is 2.52. The van der Waals surface area contributed by atoms with Gasteiger partial charge in [0.05, 0.1) is 11.0 Å². The van der Waals surface area contributed by atoms with Crippen LogP contribution in [0, 0.1) is 0 Å². The number of rotatable bonds is 8. The Bertz CT molecular complexity index is 558. The fraction of sp³-hybridized carbons (Fsp3) is 0.250. The second-order valence-corrected chi connectivity index (χ2v) is 7.54. The monoisotopic (exact) mass is 344 g/mol. The van der Waals surface area contributed by atoms with Gasteiger partial charge in [-0.05, 0) is 37.5 Å². The van der Waals surface area contributed by atoms with Crippen LogP contribution in [0.1, 0.15) is 12.8 Å². The summed E-state index contributed by atoms with van der Waals surface area (Å²) in [5, 5.41) is 2.71. The fourth-order valence-electron chi connectivity index (χ4n) is 2.12. The molecular weight excluding hydrogens is 326 g/mol. The van der Waals surface area contributed by atoms with Gasteiger partial charge < -0.3 is 12.6 Å². The Kier molecular flexibility index (Phi) is 10.2. The van der Waals surface area contributed by atoms with E-state index in [-0.39, 0.29) is 36.2 Å². The van der Waals surface area contributed by atoms with Crippen molar-refractivity contribution >= 4 is 29.5 Å². The minimum absolute atomic E-state index is 0. The molecule has 2 aromatic carbocycles. The van der Waals surface area contributed by atoms with Crippen molar-refractivity contribution in [2.75, 3.05) is 12.8 Å². The van der Waals surface area contributed by atoms with Crippen molar-refractivity contribution in [2.45, 2.75) is 12.8 Å². The summed E-state index contributed by atoms with van der Waals surface area (Å²) in [5.41, 5.74) is 0. The van der Waals surface area contributed by atoms with Crippen molar-refractivity contribution in [1.82, 2.24) is 0 Å². The van der Waals surface area contributed by atoms with E-state index in [1.807, 2.05) is 12.1 Å². The van der Waals surface area contributed by atoms with E-state index in [4.69, 9.17) is 0 Å². The third-order valence-electron chi connectivity index (χ3n) is 3.09. The predicted molar refractivity (Wildman–Crippen MR) is 87.9 cm³/mol. The molecule has 0 saturated carbocycles. The summed E-state index contributed by atoms with van der Waals surface area (Å²) < 4.78 is 25.2. The summed E-state index contributed by atoms with van der Waals surface area (Å²) in [5.74, 6) is 0. The summed E-state index contributed by atoms with van der Waals surface area (Å²) in [7, 11) is -2.79. The Morgan fingerprint density at radius 1 is 0.818 bits per heavy atom. The molecular formula is C16H18NaO3PS. The molecule has 0 fully saturated rings. The SMILES string of the molecule is O=[S-](=O)OCCCCP(c1ccccc1)c1ccccc1.[Na+]. The van der Waals surface area contributed by atoms with Gasteiger partial charge >= 0.3 is 29.6 Å². The third kappa shape index (κ3) is 6.91. The van der Waals surface area contributed by atoms with Gasteiger partial charge in [0.1, 0.15) is 0 Å². The van der Waals surface area contributed by atoms with Crippen molar-refractivity contribution in [2.24, 2.45) is 0 Å². The van der Waals surface area contributed by atoms with Crippen LogP contribution in [0.4, 0.5) is 0 Å². The molecule has 0 aliphatic carbocycles. The van der Waals surface area contributed by atoms with E-state index in [0.29, 0.717) is 0 Å². The van der Waals surface area contributed by atoms with E-state index in [1.165, 1.54) is 10.6 Å². The first-order valence-electron chi connectivity index (χ1n) is 6.87. The maximum atomic E-state index is 10.3. The Hall–Kier alpha value is -0.220. The molecule has 0 amide bonds. The maximum Gasteiger partial charge on any atom is 1.00 e. The van der Waals surface area contributed by atoms with Gasteiger partial charge in [0.25, 0.3) is 0 Å². The van der Waals surface area contributed by atoms with Crippen LogP contribution < -0.4 is 40.2 Å². The van der Waals surface area contributed by atoms with Gasteiger partial charge in [-0.15, -0.1) is 0 Å². The second-order valence-electron chi connectivity index (χ2n) is 4.56.